The van der Waals surface area contributed by atoms with Crippen LogP contribution in [0.3, 0.4) is 0 Å². The van der Waals surface area contributed by atoms with E-state index in [2.05, 4.69) is 132 Å². The summed E-state index contributed by atoms with van der Waals surface area (Å²) in [6.07, 6.45) is 1.25. The molecule has 0 saturated heterocycles. The van der Waals surface area contributed by atoms with Gasteiger partial charge in [0.15, 0.2) is 26.4 Å². The maximum absolute atomic E-state index is 14.6. The van der Waals surface area contributed by atoms with E-state index >= 15 is 0 Å². The van der Waals surface area contributed by atoms with Crippen LogP contribution in [-0.2, 0) is 66.5 Å². The molecule has 0 saturated carbocycles. The molecule has 0 N–H and O–H groups in total. The minimum Gasteiger partial charge on any atom is -0.483 e. The quantitative estimate of drug-likeness (QED) is 0.0756. The van der Waals surface area contributed by atoms with Crippen molar-refractivity contribution in [2.45, 2.75) is 290 Å². The van der Waals surface area contributed by atoms with E-state index in [1.807, 2.05) is 130 Å². The van der Waals surface area contributed by atoms with E-state index in [-0.39, 0.29) is 120 Å². The van der Waals surface area contributed by atoms with Gasteiger partial charge in [-0.3, -0.25) is 19.2 Å². The summed E-state index contributed by atoms with van der Waals surface area (Å²) < 4.78 is 28.6. The van der Waals surface area contributed by atoms with Crippen LogP contribution in [-0.4, -0.2) is 118 Å². The first-order chi connectivity index (χ1) is 40.4. The third-order valence-electron chi connectivity index (χ3n) is 16.9. The number of nitrogens with zero attached hydrogens (tertiary/aromatic N) is 4. The van der Waals surface area contributed by atoms with E-state index in [1.54, 1.807) is 0 Å². The fraction of sp³-hybridized carbons (Fsp3) is 0.632. The van der Waals surface area contributed by atoms with Crippen LogP contribution in [0.4, 0.5) is 0 Å². The summed E-state index contributed by atoms with van der Waals surface area (Å²) >= 11 is 0. The van der Waals surface area contributed by atoms with Crippen molar-refractivity contribution in [3.63, 3.8) is 0 Å². The Hall–Kier alpha value is -6.04. The first-order valence-corrected chi connectivity index (χ1v) is 32.8. The third kappa shape index (κ3) is 18.1. The molecule has 88 heavy (non-hydrogen) atoms. The van der Waals surface area contributed by atoms with E-state index in [0.29, 0.717) is 48.7 Å². The number of hydrogen-bond donors (Lipinski definition) is 0. The first-order valence-electron chi connectivity index (χ1n) is 32.8. The zero-order chi connectivity index (χ0) is 66.6. The smallest absolute Gasteiger partial charge is 0.260 e. The molecule has 0 heterocycles. The highest BCUT2D eigenvalue weighted by molar-refractivity contribution is 5.80. The fourth-order valence-corrected chi connectivity index (χ4v) is 12.9. The predicted octanol–water partition coefficient (Wildman–Crippen LogP) is 15.6. The summed E-state index contributed by atoms with van der Waals surface area (Å²) in [7, 11) is 0. The summed E-state index contributed by atoms with van der Waals surface area (Å²) in [6.45, 7) is 58.3. The van der Waals surface area contributed by atoms with E-state index in [9.17, 15) is 19.2 Å². The Bertz CT molecular complexity index is 2560. The molecule has 1 aliphatic rings. The topological polar surface area (TPSA) is 118 Å². The second-order valence-corrected chi connectivity index (χ2v) is 31.3. The lowest BCUT2D eigenvalue weighted by molar-refractivity contribution is -0.137. The molecule has 0 fully saturated rings. The van der Waals surface area contributed by atoms with Gasteiger partial charge in [0, 0.05) is 74.0 Å². The molecule has 12 nitrogen and oxygen atoms in total. The number of fused-ring (bicyclic) bond motifs is 8. The summed E-state index contributed by atoms with van der Waals surface area (Å²) in [5.74, 6) is 1.85. The average molecular weight is 1210 g/mol. The van der Waals surface area contributed by atoms with Crippen LogP contribution in [0.1, 0.15) is 261 Å². The highest BCUT2D eigenvalue weighted by Gasteiger charge is 2.33. The van der Waals surface area contributed by atoms with E-state index in [4.69, 9.17) is 18.9 Å². The van der Waals surface area contributed by atoms with Gasteiger partial charge in [0.25, 0.3) is 23.6 Å². The zero-order valence-electron chi connectivity index (χ0n) is 59.9. The number of hydrogen-bond acceptors (Lipinski definition) is 8. The van der Waals surface area contributed by atoms with E-state index in [1.165, 1.54) is 0 Å². The molecule has 0 spiro atoms. The highest BCUT2D eigenvalue weighted by Crippen LogP contribution is 2.45. The minimum absolute atomic E-state index is 0.0660. The molecule has 8 bridgehead atoms. The molecule has 4 amide bonds. The van der Waals surface area contributed by atoms with Crippen molar-refractivity contribution in [1.82, 2.24) is 19.6 Å². The molecule has 4 aromatic carbocycles. The van der Waals surface area contributed by atoms with Gasteiger partial charge in [-0.1, -0.05) is 132 Å². The Balaban J connectivity index is 2.10. The van der Waals surface area contributed by atoms with Crippen molar-refractivity contribution in [2.75, 3.05) is 26.4 Å². The lowest BCUT2D eigenvalue weighted by Gasteiger charge is -2.32. The number of ether oxygens (including phenoxy) is 4. The lowest BCUT2D eigenvalue weighted by atomic mass is 9.79. The molecule has 0 unspecified atom stereocenters. The lowest BCUT2D eigenvalue weighted by Crippen LogP contribution is -2.44. The number of benzene rings is 4. The fourth-order valence-electron chi connectivity index (χ4n) is 12.9. The molecule has 0 atom stereocenters. The number of rotatable bonds is 20. The second kappa shape index (κ2) is 28.8. The molecular formula is C76H116N4O8. The largest absolute Gasteiger partial charge is 0.483 e. The molecule has 4 aromatic rings. The van der Waals surface area contributed by atoms with Crippen molar-refractivity contribution < 1.29 is 38.1 Å². The minimum atomic E-state index is -0.347. The summed E-state index contributed by atoms with van der Waals surface area (Å²) in [6, 6.07) is 17.3. The van der Waals surface area contributed by atoms with Gasteiger partial charge in [0.2, 0.25) is 0 Å². The van der Waals surface area contributed by atoms with Crippen LogP contribution in [0.25, 0.3) is 0 Å². The predicted molar refractivity (Wildman–Crippen MR) is 362 cm³/mol. The molecule has 0 radical (unpaired) electrons. The number of carbonyl (C=O) groups excluding carboxylic acids is 4. The van der Waals surface area contributed by atoms with Gasteiger partial charge in [-0.2, -0.15) is 0 Å². The Kier molecular flexibility index (Phi) is 23.8. The van der Waals surface area contributed by atoms with Crippen LogP contribution in [0.5, 0.6) is 23.0 Å². The molecule has 0 aromatic heterocycles. The van der Waals surface area contributed by atoms with Gasteiger partial charge in [-0.15, -0.1) is 0 Å². The van der Waals surface area contributed by atoms with Crippen molar-refractivity contribution in [1.29, 1.82) is 0 Å². The monoisotopic (exact) mass is 1210 g/mol. The zero-order valence-corrected chi connectivity index (χ0v) is 59.9. The molecule has 488 valence electrons. The van der Waals surface area contributed by atoms with Gasteiger partial charge in [0.05, 0.1) is 0 Å². The van der Waals surface area contributed by atoms with Crippen molar-refractivity contribution in [3.05, 3.63) is 115 Å². The van der Waals surface area contributed by atoms with Gasteiger partial charge in [-0.05, 0) is 199 Å². The van der Waals surface area contributed by atoms with Crippen LogP contribution in [0, 0.1) is 0 Å². The summed E-state index contributed by atoms with van der Waals surface area (Å²) in [5, 5.41) is 0. The Morgan fingerprint density at radius 3 is 0.511 bits per heavy atom. The van der Waals surface area contributed by atoms with Gasteiger partial charge in [0.1, 0.15) is 23.0 Å². The number of carbonyl (C=O) groups is 4. The van der Waals surface area contributed by atoms with E-state index in [0.717, 1.165) is 66.8 Å². The maximum atomic E-state index is 14.6. The van der Waals surface area contributed by atoms with Crippen molar-refractivity contribution in [3.8, 4) is 23.0 Å². The van der Waals surface area contributed by atoms with Crippen LogP contribution in [0.15, 0.2) is 48.5 Å². The molecular weight excluding hydrogens is 1100 g/mol. The van der Waals surface area contributed by atoms with Crippen LogP contribution >= 0.6 is 0 Å². The second-order valence-electron chi connectivity index (χ2n) is 31.3. The molecule has 0 aliphatic heterocycles. The van der Waals surface area contributed by atoms with Gasteiger partial charge >= 0.3 is 0 Å². The molecule has 1 aliphatic carbocycles. The molecule has 12 heteroatoms. The Morgan fingerprint density at radius 2 is 0.409 bits per heavy atom. The molecule has 5 rings (SSSR count). The summed E-state index contributed by atoms with van der Waals surface area (Å²) in [4.78, 5) is 66.0. The van der Waals surface area contributed by atoms with Crippen molar-refractivity contribution >= 4 is 23.6 Å². The van der Waals surface area contributed by atoms with E-state index < -0.39 is 0 Å². The SMILES string of the molecule is CC(C)N(C(=O)COc1c2cc(C(C)(C)C)cc1Cc1cc(C(C)(C)C)cc(c1OCC(=O)N(C(C)C)C(C)C)Cc1cc(C(C)(C)C)cc(c1OCC(=O)N(C(C)C)C(C)C)Cc1cc(C(C)(C)C)cc(c1OCC(=O)N(C(C)C)C(C)C)C2)C(C)C. The maximum Gasteiger partial charge on any atom is 0.260 e. The average Bonchev–Trinajstić information content (AvgIpc) is 1.15. The third-order valence-corrected chi connectivity index (χ3v) is 16.9. The van der Waals surface area contributed by atoms with Crippen molar-refractivity contribution in [2.24, 2.45) is 0 Å². The normalized spacial score (nSPS) is 13.3. The van der Waals surface area contributed by atoms with Crippen LogP contribution in [0.2, 0.25) is 0 Å². The first kappa shape index (κ1) is 72.7. The Labute approximate surface area is 533 Å². The van der Waals surface area contributed by atoms with Gasteiger partial charge < -0.3 is 38.5 Å². The van der Waals surface area contributed by atoms with Gasteiger partial charge in [-0.25, -0.2) is 0 Å². The van der Waals surface area contributed by atoms with Crippen LogP contribution < -0.4 is 18.9 Å². The Morgan fingerprint density at radius 1 is 0.284 bits per heavy atom. The highest BCUT2D eigenvalue weighted by atomic mass is 16.5. The number of amides is 4. The standard InChI is InChI=1S/C76H116N4O8/c1-45(2)77(46(3)4)65(81)41-85-69-53-29-55-35-62(74(20,21)22)37-57(70(55)86-42-66(82)78(47(5)6)48(7)8)31-59-39-64(76(26,27)28)40-60(72(59)88-44-68(84)80(51(13)14)52(15)16)32-58-38-63(75(23,24)25)36-56(30-54(69)34-61(33-53)73(17,18)19)71(58)87-43-67(83)79(49(9)10)50(11)12/h33-40,45-52H,29-32,41-44H2,1-28H3. The summed E-state index contributed by atoms with van der Waals surface area (Å²) in [5.41, 5.74) is 9.75.